The quantitative estimate of drug-likeness (QED) is 0.300. The zero-order valence-electron chi connectivity index (χ0n) is 15.6. The third kappa shape index (κ3) is 5.54. The lowest BCUT2D eigenvalue weighted by Gasteiger charge is -2.10. The minimum atomic E-state index is -4.10. The first-order valence-corrected chi connectivity index (χ1v) is 10.9. The van der Waals surface area contributed by atoms with Gasteiger partial charge in [0.05, 0.1) is 14.7 Å². The number of hydrogen-bond donors (Lipinski definition) is 1. The van der Waals surface area contributed by atoms with E-state index in [1.54, 1.807) is 6.26 Å². The molecule has 1 N–H and O–H groups in total. The van der Waals surface area contributed by atoms with Crippen LogP contribution in [0.2, 0.25) is 0 Å². The van der Waals surface area contributed by atoms with Crippen LogP contribution in [0.25, 0.3) is 0 Å². The molecule has 0 fully saturated rings. The number of carbonyl (C=O) groups is 1. The van der Waals surface area contributed by atoms with Gasteiger partial charge in [-0.15, -0.1) is 11.8 Å². The monoisotopic (exact) mass is 424 g/mol. The highest BCUT2D eigenvalue weighted by Crippen LogP contribution is 2.29. The number of benzene rings is 2. The van der Waals surface area contributed by atoms with Crippen molar-refractivity contribution in [3.05, 3.63) is 63.2 Å². The van der Waals surface area contributed by atoms with E-state index < -0.39 is 27.5 Å². The number of aryl methyl sites for hydroxylation is 2. The van der Waals surface area contributed by atoms with Crippen molar-refractivity contribution < 1.29 is 22.9 Å². The summed E-state index contributed by atoms with van der Waals surface area (Å²) in [6.07, 6.45) is 1.65. The molecule has 28 heavy (non-hydrogen) atoms. The number of carbonyl (C=O) groups excluding carboxylic acids is 1. The lowest BCUT2D eigenvalue weighted by molar-refractivity contribution is -0.387. The van der Waals surface area contributed by atoms with Crippen LogP contribution in [0.5, 0.6) is 0 Å². The van der Waals surface area contributed by atoms with E-state index in [4.69, 9.17) is 4.74 Å². The van der Waals surface area contributed by atoms with Gasteiger partial charge in [-0.25, -0.2) is 8.42 Å². The van der Waals surface area contributed by atoms with Crippen molar-refractivity contribution in [2.24, 2.45) is 0 Å². The van der Waals surface area contributed by atoms with E-state index >= 15 is 0 Å². The maximum Gasteiger partial charge on any atom is 0.321 e. The molecular weight excluding hydrogens is 404 g/mol. The maximum absolute atomic E-state index is 12.3. The Morgan fingerprint density at radius 3 is 2.57 bits per heavy atom. The number of hydrogen-bond acceptors (Lipinski definition) is 7. The SMILES string of the molecule is CSc1ccc(S(=O)(=O)NCC(=O)OCc2cc(C)ccc2C)cc1[N+](=O)[O-]. The number of sulfonamides is 1. The third-order valence-corrected chi connectivity index (χ3v) is 6.14. The van der Waals surface area contributed by atoms with E-state index in [0.717, 1.165) is 34.5 Å². The fourth-order valence-electron chi connectivity index (χ4n) is 2.38. The van der Waals surface area contributed by atoms with Crippen molar-refractivity contribution >= 4 is 33.4 Å². The van der Waals surface area contributed by atoms with E-state index in [1.165, 1.54) is 12.1 Å². The summed E-state index contributed by atoms with van der Waals surface area (Å²) in [6, 6.07) is 9.32. The van der Waals surface area contributed by atoms with Gasteiger partial charge < -0.3 is 4.74 Å². The Hall–Kier alpha value is -2.43. The highest BCUT2D eigenvalue weighted by molar-refractivity contribution is 7.98. The third-order valence-electron chi connectivity index (χ3n) is 3.96. The van der Waals surface area contributed by atoms with Crippen LogP contribution in [0.1, 0.15) is 16.7 Å². The van der Waals surface area contributed by atoms with Gasteiger partial charge in [0.2, 0.25) is 10.0 Å². The molecule has 0 aliphatic carbocycles. The summed E-state index contributed by atoms with van der Waals surface area (Å²) in [4.78, 5) is 22.4. The number of nitro groups is 1. The van der Waals surface area contributed by atoms with Crippen molar-refractivity contribution in [1.29, 1.82) is 0 Å². The van der Waals surface area contributed by atoms with Crippen LogP contribution < -0.4 is 4.72 Å². The Morgan fingerprint density at radius 2 is 1.93 bits per heavy atom. The van der Waals surface area contributed by atoms with Crippen LogP contribution in [0.15, 0.2) is 46.2 Å². The minimum Gasteiger partial charge on any atom is -0.460 e. The Morgan fingerprint density at radius 1 is 1.21 bits per heavy atom. The summed E-state index contributed by atoms with van der Waals surface area (Å²) in [7, 11) is -4.10. The van der Waals surface area contributed by atoms with Gasteiger partial charge in [-0.3, -0.25) is 14.9 Å². The van der Waals surface area contributed by atoms with E-state index in [1.807, 2.05) is 32.0 Å². The molecule has 0 spiro atoms. The molecular formula is C18H20N2O6S2. The van der Waals surface area contributed by atoms with Crippen molar-refractivity contribution in [2.45, 2.75) is 30.2 Å². The highest BCUT2D eigenvalue weighted by Gasteiger charge is 2.22. The zero-order chi connectivity index (χ0) is 20.9. The second-order valence-electron chi connectivity index (χ2n) is 6.01. The molecule has 2 aromatic carbocycles. The molecule has 10 heteroatoms. The minimum absolute atomic E-state index is 0.0297. The molecule has 0 unspecified atom stereocenters. The Bertz CT molecular complexity index is 1010. The first kappa shape index (κ1) is 21.9. The fourth-order valence-corrected chi connectivity index (χ4v) is 3.92. The molecule has 0 amide bonds. The van der Waals surface area contributed by atoms with Gasteiger partial charge in [0.25, 0.3) is 5.69 Å². The van der Waals surface area contributed by atoms with Gasteiger partial charge >= 0.3 is 5.97 Å². The van der Waals surface area contributed by atoms with Gasteiger partial charge in [-0.05, 0) is 43.4 Å². The average molecular weight is 425 g/mol. The van der Waals surface area contributed by atoms with Crippen molar-refractivity contribution in [1.82, 2.24) is 4.72 Å². The molecule has 2 aromatic rings. The smallest absolute Gasteiger partial charge is 0.321 e. The molecule has 0 bridgehead atoms. The van der Waals surface area contributed by atoms with Crippen molar-refractivity contribution in [3.63, 3.8) is 0 Å². The normalized spacial score (nSPS) is 11.2. The molecule has 0 atom stereocenters. The molecule has 0 aliphatic rings. The summed E-state index contributed by atoms with van der Waals surface area (Å²) in [5, 5.41) is 11.1. The lowest BCUT2D eigenvalue weighted by Crippen LogP contribution is -2.30. The standard InChI is InChI=1S/C18H20N2O6S2/c1-12-4-5-13(2)14(8-12)11-26-18(21)10-19-28(24,25)15-6-7-17(27-3)16(9-15)20(22)23/h4-9,19H,10-11H2,1-3H3. The Balaban J connectivity index is 2.02. The number of ether oxygens (including phenoxy) is 1. The number of rotatable bonds is 8. The second kappa shape index (κ2) is 9.18. The number of thioether (sulfide) groups is 1. The van der Waals surface area contributed by atoms with E-state index in [2.05, 4.69) is 4.72 Å². The highest BCUT2D eigenvalue weighted by atomic mass is 32.2. The molecule has 0 radical (unpaired) electrons. The summed E-state index contributed by atoms with van der Waals surface area (Å²) < 4.78 is 31.9. The predicted octanol–water partition coefficient (Wildman–Crippen LogP) is 2.96. The number of esters is 1. The Labute approximate surface area is 167 Å². The van der Waals surface area contributed by atoms with Gasteiger partial charge in [0, 0.05) is 6.07 Å². The van der Waals surface area contributed by atoms with Crippen LogP contribution in [-0.4, -0.2) is 32.1 Å². The number of nitrogens with zero attached hydrogens (tertiary/aromatic N) is 1. The predicted molar refractivity (Wildman–Crippen MR) is 106 cm³/mol. The average Bonchev–Trinajstić information content (AvgIpc) is 2.66. The first-order valence-electron chi connectivity index (χ1n) is 8.18. The molecule has 0 saturated heterocycles. The van der Waals surface area contributed by atoms with Gasteiger partial charge in [0.1, 0.15) is 13.2 Å². The van der Waals surface area contributed by atoms with E-state index in [0.29, 0.717) is 4.90 Å². The van der Waals surface area contributed by atoms with E-state index in [9.17, 15) is 23.3 Å². The molecule has 2 rings (SSSR count). The number of nitro benzene ring substituents is 1. The van der Waals surface area contributed by atoms with Gasteiger partial charge in [-0.2, -0.15) is 4.72 Å². The molecule has 0 aliphatic heterocycles. The summed E-state index contributed by atoms with van der Waals surface area (Å²) in [5.74, 6) is -0.750. The van der Waals surface area contributed by atoms with Crippen molar-refractivity contribution in [3.8, 4) is 0 Å². The summed E-state index contributed by atoms with van der Waals surface area (Å²) in [6.45, 7) is 3.25. The topological polar surface area (TPSA) is 116 Å². The van der Waals surface area contributed by atoms with Crippen LogP contribution in [0.4, 0.5) is 5.69 Å². The molecule has 8 nitrogen and oxygen atoms in total. The van der Waals surface area contributed by atoms with Crippen LogP contribution in [-0.2, 0) is 26.2 Å². The van der Waals surface area contributed by atoms with Gasteiger partial charge in [-0.1, -0.05) is 23.8 Å². The number of nitrogens with one attached hydrogen (secondary N) is 1. The molecule has 0 saturated carbocycles. The summed E-state index contributed by atoms with van der Waals surface area (Å²) in [5.41, 5.74) is 2.50. The van der Waals surface area contributed by atoms with Crippen LogP contribution in [0.3, 0.4) is 0 Å². The van der Waals surface area contributed by atoms with Crippen molar-refractivity contribution in [2.75, 3.05) is 12.8 Å². The largest absolute Gasteiger partial charge is 0.460 e. The van der Waals surface area contributed by atoms with Crippen LogP contribution >= 0.6 is 11.8 Å². The molecule has 0 heterocycles. The molecule has 0 aromatic heterocycles. The second-order valence-corrected chi connectivity index (χ2v) is 8.62. The van der Waals surface area contributed by atoms with Crippen LogP contribution in [0, 0.1) is 24.0 Å². The molecule has 150 valence electrons. The van der Waals surface area contributed by atoms with Gasteiger partial charge in [0.15, 0.2) is 0 Å². The lowest BCUT2D eigenvalue weighted by atomic mass is 10.1. The summed E-state index contributed by atoms with van der Waals surface area (Å²) >= 11 is 1.14. The fraction of sp³-hybridized carbons (Fsp3) is 0.278. The first-order chi connectivity index (χ1) is 13.1. The maximum atomic E-state index is 12.3. The Kier molecular flexibility index (Phi) is 7.17. The zero-order valence-corrected chi connectivity index (χ0v) is 17.2. The van der Waals surface area contributed by atoms with E-state index in [-0.39, 0.29) is 17.2 Å².